The third kappa shape index (κ3) is 5.18. The summed E-state index contributed by atoms with van der Waals surface area (Å²) < 4.78 is 19.7. The van der Waals surface area contributed by atoms with Gasteiger partial charge in [-0.05, 0) is 36.2 Å². The van der Waals surface area contributed by atoms with Gasteiger partial charge in [0.25, 0.3) is 0 Å². The maximum absolute atomic E-state index is 13.2. The van der Waals surface area contributed by atoms with Gasteiger partial charge >= 0.3 is 0 Å². The number of morpholine rings is 1. The quantitative estimate of drug-likeness (QED) is 0.592. The van der Waals surface area contributed by atoms with Crippen molar-refractivity contribution in [3.05, 3.63) is 59.9 Å². The number of amides is 1. The predicted molar refractivity (Wildman–Crippen MR) is 114 cm³/mol. The number of carbonyl (C=O) groups excluding carboxylic acids is 1. The third-order valence-electron chi connectivity index (χ3n) is 5.04. The van der Waals surface area contributed by atoms with Gasteiger partial charge in [-0.3, -0.25) is 14.6 Å². The molecule has 0 saturated carbocycles. The molecule has 1 fully saturated rings. The van der Waals surface area contributed by atoms with Crippen LogP contribution in [0.25, 0.3) is 10.2 Å². The molecule has 1 aliphatic rings. The van der Waals surface area contributed by atoms with Crippen molar-refractivity contribution in [2.45, 2.75) is 12.8 Å². The Balaban J connectivity index is 1.49. The number of nitrogens with zero attached hydrogens (tertiary/aromatic N) is 3. The topological polar surface area (TPSA) is 45.7 Å². The highest BCUT2D eigenvalue weighted by molar-refractivity contribution is 7.22. The highest BCUT2D eigenvalue weighted by Gasteiger charge is 2.20. The molecule has 1 amide bonds. The third-order valence-corrected chi connectivity index (χ3v) is 6.10. The van der Waals surface area contributed by atoms with Crippen LogP contribution < -0.4 is 4.90 Å². The fourth-order valence-corrected chi connectivity index (χ4v) is 4.46. The molecule has 0 N–H and O–H groups in total. The number of hydrogen-bond acceptors (Lipinski definition) is 5. The Hall–Kier alpha value is -2.35. The van der Waals surface area contributed by atoms with E-state index in [9.17, 15) is 9.18 Å². The number of benzene rings is 2. The second kappa shape index (κ2) is 9.43. The molecule has 152 valence electrons. The van der Waals surface area contributed by atoms with Crippen molar-refractivity contribution >= 4 is 32.6 Å². The molecule has 5 nitrogen and oxygen atoms in total. The molecule has 0 spiro atoms. The SMILES string of the molecule is O=C(Cc1ccc(F)cc1)N(CCCN1CCOCC1)c1nc2ccccc2s1. The van der Waals surface area contributed by atoms with Gasteiger partial charge in [-0.1, -0.05) is 35.6 Å². The maximum atomic E-state index is 13.2. The van der Waals surface area contributed by atoms with Crippen LogP contribution in [-0.2, 0) is 16.0 Å². The molecule has 29 heavy (non-hydrogen) atoms. The summed E-state index contributed by atoms with van der Waals surface area (Å²) in [5.74, 6) is -0.313. The lowest BCUT2D eigenvalue weighted by atomic mass is 10.1. The van der Waals surface area contributed by atoms with Gasteiger partial charge in [-0.25, -0.2) is 9.37 Å². The predicted octanol–water partition coefficient (Wildman–Crippen LogP) is 3.73. The van der Waals surface area contributed by atoms with Gasteiger partial charge in [-0.15, -0.1) is 0 Å². The molecule has 1 aromatic heterocycles. The molecule has 4 rings (SSSR count). The Morgan fingerprint density at radius 2 is 1.90 bits per heavy atom. The van der Waals surface area contributed by atoms with Crippen LogP contribution in [0.15, 0.2) is 48.5 Å². The monoisotopic (exact) mass is 413 g/mol. The Kier molecular flexibility index (Phi) is 6.49. The summed E-state index contributed by atoms with van der Waals surface area (Å²) in [6.45, 7) is 4.94. The van der Waals surface area contributed by atoms with Gasteiger partial charge in [-0.2, -0.15) is 0 Å². The minimum absolute atomic E-state index is 0.0161. The van der Waals surface area contributed by atoms with Gasteiger partial charge in [0.15, 0.2) is 5.13 Å². The molecule has 2 aromatic carbocycles. The largest absolute Gasteiger partial charge is 0.379 e. The molecule has 0 atom stereocenters. The number of ether oxygens (including phenoxy) is 1. The lowest BCUT2D eigenvalue weighted by Gasteiger charge is -2.27. The molecule has 0 radical (unpaired) electrons. The number of halogens is 1. The van der Waals surface area contributed by atoms with Crippen molar-refractivity contribution in [2.24, 2.45) is 0 Å². The second-order valence-electron chi connectivity index (χ2n) is 7.12. The summed E-state index contributed by atoms with van der Waals surface area (Å²) in [5.41, 5.74) is 1.70. The Labute approximate surface area is 173 Å². The summed E-state index contributed by atoms with van der Waals surface area (Å²) in [7, 11) is 0. The minimum Gasteiger partial charge on any atom is -0.379 e. The highest BCUT2D eigenvalue weighted by atomic mass is 32.1. The van der Waals surface area contributed by atoms with Crippen molar-refractivity contribution < 1.29 is 13.9 Å². The van der Waals surface area contributed by atoms with E-state index in [0.717, 1.165) is 60.2 Å². The summed E-state index contributed by atoms with van der Waals surface area (Å²) in [6.07, 6.45) is 1.10. The number of hydrogen-bond donors (Lipinski definition) is 0. The number of anilines is 1. The minimum atomic E-state index is -0.297. The molecule has 0 aliphatic carbocycles. The average molecular weight is 414 g/mol. The molecule has 1 aliphatic heterocycles. The van der Waals surface area contributed by atoms with Gasteiger partial charge in [0, 0.05) is 26.2 Å². The van der Waals surface area contributed by atoms with Crippen LogP contribution in [0.3, 0.4) is 0 Å². The van der Waals surface area contributed by atoms with Crippen molar-refractivity contribution in [1.82, 2.24) is 9.88 Å². The lowest BCUT2D eigenvalue weighted by Crippen LogP contribution is -2.39. The smallest absolute Gasteiger partial charge is 0.233 e. The average Bonchev–Trinajstić information content (AvgIpc) is 3.17. The van der Waals surface area contributed by atoms with E-state index in [4.69, 9.17) is 4.74 Å². The van der Waals surface area contributed by atoms with Gasteiger partial charge in [0.05, 0.1) is 29.9 Å². The van der Waals surface area contributed by atoms with E-state index in [1.54, 1.807) is 17.0 Å². The molecule has 1 saturated heterocycles. The van der Waals surface area contributed by atoms with Crippen LogP contribution in [0.2, 0.25) is 0 Å². The summed E-state index contributed by atoms with van der Waals surface area (Å²) >= 11 is 1.53. The van der Waals surface area contributed by atoms with E-state index in [-0.39, 0.29) is 18.1 Å². The fourth-order valence-electron chi connectivity index (χ4n) is 3.45. The second-order valence-corrected chi connectivity index (χ2v) is 8.13. The number of rotatable bonds is 7. The number of fused-ring (bicyclic) bond motifs is 1. The first kappa shape index (κ1) is 19.9. The van der Waals surface area contributed by atoms with Crippen LogP contribution in [0.5, 0.6) is 0 Å². The van der Waals surface area contributed by atoms with E-state index >= 15 is 0 Å². The van der Waals surface area contributed by atoms with E-state index in [1.807, 2.05) is 24.3 Å². The van der Waals surface area contributed by atoms with E-state index in [0.29, 0.717) is 6.54 Å². The van der Waals surface area contributed by atoms with Crippen LogP contribution in [0.4, 0.5) is 9.52 Å². The van der Waals surface area contributed by atoms with E-state index < -0.39 is 0 Å². The standard InChI is InChI=1S/C22H24FN3O2S/c23-18-8-6-17(7-9-18)16-21(27)26(11-3-10-25-12-14-28-15-13-25)22-24-19-4-1-2-5-20(19)29-22/h1-2,4-9H,3,10-16H2. The molecule has 3 aromatic rings. The first-order valence-electron chi connectivity index (χ1n) is 9.89. The molecular formula is C22H24FN3O2S. The lowest BCUT2D eigenvalue weighted by molar-refractivity contribution is -0.118. The number of aromatic nitrogens is 1. The molecule has 0 unspecified atom stereocenters. The normalized spacial score (nSPS) is 14.9. The zero-order valence-corrected chi connectivity index (χ0v) is 17.0. The van der Waals surface area contributed by atoms with Crippen LogP contribution in [-0.4, -0.2) is 55.2 Å². The zero-order valence-electron chi connectivity index (χ0n) is 16.2. The van der Waals surface area contributed by atoms with Crippen LogP contribution >= 0.6 is 11.3 Å². The molecule has 0 bridgehead atoms. The van der Waals surface area contributed by atoms with Crippen molar-refractivity contribution in [3.8, 4) is 0 Å². The zero-order chi connectivity index (χ0) is 20.1. The van der Waals surface area contributed by atoms with Crippen molar-refractivity contribution in [3.63, 3.8) is 0 Å². The van der Waals surface area contributed by atoms with E-state index in [2.05, 4.69) is 9.88 Å². The number of thiazole rings is 1. The highest BCUT2D eigenvalue weighted by Crippen LogP contribution is 2.29. The van der Waals surface area contributed by atoms with Gasteiger partial charge in [0.1, 0.15) is 5.82 Å². The molecular weight excluding hydrogens is 389 g/mol. The van der Waals surface area contributed by atoms with Crippen LogP contribution in [0.1, 0.15) is 12.0 Å². The molecule has 2 heterocycles. The Morgan fingerprint density at radius 1 is 1.14 bits per heavy atom. The van der Waals surface area contributed by atoms with Gasteiger partial charge < -0.3 is 4.74 Å². The summed E-state index contributed by atoms with van der Waals surface area (Å²) in [6, 6.07) is 14.0. The Bertz CT molecular complexity index is 921. The Morgan fingerprint density at radius 3 is 2.66 bits per heavy atom. The summed E-state index contributed by atoms with van der Waals surface area (Å²) in [4.78, 5) is 22.0. The van der Waals surface area contributed by atoms with Gasteiger partial charge in [0.2, 0.25) is 5.91 Å². The van der Waals surface area contributed by atoms with Crippen LogP contribution in [0, 0.1) is 5.82 Å². The fraction of sp³-hybridized carbons (Fsp3) is 0.364. The first-order chi connectivity index (χ1) is 14.2. The molecule has 7 heteroatoms. The number of para-hydroxylation sites is 1. The first-order valence-corrected chi connectivity index (χ1v) is 10.7. The summed E-state index contributed by atoms with van der Waals surface area (Å²) in [5, 5.41) is 0.722. The maximum Gasteiger partial charge on any atom is 0.233 e. The van der Waals surface area contributed by atoms with Crippen molar-refractivity contribution in [2.75, 3.05) is 44.3 Å². The van der Waals surface area contributed by atoms with Crippen molar-refractivity contribution in [1.29, 1.82) is 0 Å². The van der Waals surface area contributed by atoms with E-state index in [1.165, 1.54) is 23.5 Å². The number of carbonyl (C=O) groups is 1.